The quantitative estimate of drug-likeness (QED) is 0.532. The summed E-state index contributed by atoms with van der Waals surface area (Å²) in [5.74, 6) is -2.10. The van der Waals surface area contributed by atoms with Crippen molar-refractivity contribution >= 4 is 23.7 Å². The lowest BCUT2D eigenvalue weighted by Gasteiger charge is -2.25. The Labute approximate surface area is 165 Å². The molecule has 0 saturated carbocycles. The van der Waals surface area contributed by atoms with Crippen molar-refractivity contribution in [3.05, 3.63) is 35.9 Å². The van der Waals surface area contributed by atoms with E-state index in [-0.39, 0.29) is 18.2 Å². The Balaban J connectivity index is 2.98. The number of benzene rings is 1. The number of carbonyl (C=O) groups is 4. The van der Waals surface area contributed by atoms with Crippen molar-refractivity contribution in [3.8, 4) is 0 Å². The number of ether oxygens (including phenoxy) is 1. The number of carbonyl (C=O) groups excluding carboxylic acids is 4. The molecule has 0 unspecified atom stereocenters. The summed E-state index contributed by atoms with van der Waals surface area (Å²) in [6.45, 7) is 6.40. The summed E-state index contributed by atoms with van der Waals surface area (Å²) < 4.78 is 4.75. The predicted octanol–water partition coefficient (Wildman–Crippen LogP) is 0.552. The van der Waals surface area contributed by atoms with Crippen LogP contribution in [0.4, 0.5) is 0 Å². The van der Waals surface area contributed by atoms with E-state index in [1.807, 2.05) is 30.3 Å². The van der Waals surface area contributed by atoms with Crippen molar-refractivity contribution < 1.29 is 23.9 Å². The van der Waals surface area contributed by atoms with Gasteiger partial charge in [-0.1, -0.05) is 44.2 Å². The number of hydrogen-bond donors (Lipinski definition) is 3. The molecule has 0 radical (unpaired) electrons. The molecule has 0 fully saturated rings. The first-order chi connectivity index (χ1) is 13.1. The fourth-order valence-electron chi connectivity index (χ4n) is 2.60. The molecule has 0 aliphatic rings. The Bertz CT molecular complexity index is 690. The molecule has 1 aromatic rings. The zero-order valence-electron chi connectivity index (χ0n) is 16.9. The molecular weight excluding hydrogens is 362 g/mol. The minimum Gasteiger partial charge on any atom is -0.467 e. The lowest BCUT2D eigenvalue weighted by atomic mass is 10.0. The largest absolute Gasteiger partial charge is 0.467 e. The maximum absolute atomic E-state index is 12.8. The molecule has 8 nitrogen and oxygen atoms in total. The summed E-state index contributed by atoms with van der Waals surface area (Å²) >= 11 is 0. The van der Waals surface area contributed by atoms with Crippen LogP contribution in [-0.4, -0.2) is 48.9 Å². The van der Waals surface area contributed by atoms with Gasteiger partial charge in [0.25, 0.3) is 0 Å². The van der Waals surface area contributed by atoms with Crippen LogP contribution >= 0.6 is 0 Å². The fraction of sp³-hybridized carbons (Fsp3) is 0.500. The Hall–Kier alpha value is -2.90. The Kier molecular flexibility index (Phi) is 9.14. The van der Waals surface area contributed by atoms with Gasteiger partial charge in [0.05, 0.1) is 7.11 Å². The molecule has 8 heteroatoms. The average molecular weight is 391 g/mol. The van der Waals surface area contributed by atoms with Gasteiger partial charge in [0.1, 0.15) is 18.1 Å². The van der Waals surface area contributed by atoms with Crippen LogP contribution in [0.1, 0.15) is 33.3 Å². The highest BCUT2D eigenvalue weighted by Gasteiger charge is 2.30. The topological polar surface area (TPSA) is 114 Å². The molecule has 28 heavy (non-hydrogen) atoms. The molecule has 0 saturated heterocycles. The minimum atomic E-state index is -0.919. The number of methoxy groups -OCH3 is 1. The van der Waals surface area contributed by atoms with E-state index in [1.165, 1.54) is 21.0 Å². The van der Waals surface area contributed by atoms with Crippen molar-refractivity contribution in [3.63, 3.8) is 0 Å². The van der Waals surface area contributed by atoms with Crippen molar-refractivity contribution in [2.24, 2.45) is 5.92 Å². The van der Waals surface area contributed by atoms with E-state index < -0.39 is 35.9 Å². The Morgan fingerprint density at radius 3 is 2.04 bits per heavy atom. The molecule has 0 spiro atoms. The molecular formula is C20H29N3O5. The average Bonchev–Trinajstić information content (AvgIpc) is 2.64. The molecule has 3 atom stereocenters. The van der Waals surface area contributed by atoms with Crippen molar-refractivity contribution in [2.45, 2.75) is 52.2 Å². The molecule has 3 N–H and O–H groups in total. The highest BCUT2D eigenvalue weighted by atomic mass is 16.5. The Morgan fingerprint density at radius 1 is 0.929 bits per heavy atom. The van der Waals surface area contributed by atoms with Crippen LogP contribution in [0, 0.1) is 5.92 Å². The van der Waals surface area contributed by atoms with Crippen LogP contribution in [0.15, 0.2) is 30.3 Å². The summed E-state index contributed by atoms with van der Waals surface area (Å²) in [5.41, 5.74) is 0.842. The predicted molar refractivity (Wildman–Crippen MR) is 104 cm³/mol. The van der Waals surface area contributed by atoms with E-state index in [2.05, 4.69) is 16.0 Å². The smallest absolute Gasteiger partial charge is 0.328 e. The number of nitrogens with one attached hydrogen (secondary N) is 3. The normalized spacial score (nSPS) is 13.8. The number of rotatable bonds is 9. The molecule has 1 aromatic carbocycles. The lowest BCUT2D eigenvalue weighted by Crippen LogP contribution is -2.56. The molecule has 0 aromatic heterocycles. The lowest BCUT2D eigenvalue weighted by molar-refractivity contribution is -0.146. The monoisotopic (exact) mass is 391 g/mol. The number of amides is 3. The highest BCUT2D eigenvalue weighted by Crippen LogP contribution is 2.08. The number of esters is 1. The van der Waals surface area contributed by atoms with Gasteiger partial charge in [-0.25, -0.2) is 4.79 Å². The van der Waals surface area contributed by atoms with E-state index in [1.54, 1.807) is 13.8 Å². The zero-order valence-corrected chi connectivity index (χ0v) is 16.9. The van der Waals surface area contributed by atoms with E-state index in [9.17, 15) is 19.2 Å². The van der Waals surface area contributed by atoms with Crippen LogP contribution < -0.4 is 16.0 Å². The van der Waals surface area contributed by atoms with Gasteiger partial charge in [-0.3, -0.25) is 14.4 Å². The fourth-order valence-corrected chi connectivity index (χ4v) is 2.60. The zero-order chi connectivity index (χ0) is 21.3. The van der Waals surface area contributed by atoms with E-state index in [4.69, 9.17) is 4.74 Å². The summed E-state index contributed by atoms with van der Waals surface area (Å²) in [4.78, 5) is 48.4. The molecule has 0 aliphatic carbocycles. The Morgan fingerprint density at radius 2 is 1.54 bits per heavy atom. The van der Waals surface area contributed by atoms with Crippen molar-refractivity contribution in [1.29, 1.82) is 0 Å². The second-order valence-corrected chi connectivity index (χ2v) is 6.93. The SMILES string of the molecule is COC(=O)[C@@H](NC(=O)[C@H](Cc1ccccc1)NC(=O)[C@H](C)NC(C)=O)C(C)C. The van der Waals surface area contributed by atoms with Crippen LogP contribution in [0.2, 0.25) is 0 Å². The summed E-state index contributed by atoms with van der Waals surface area (Å²) in [7, 11) is 1.25. The highest BCUT2D eigenvalue weighted by molar-refractivity contribution is 5.93. The van der Waals surface area contributed by atoms with E-state index in [0.29, 0.717) is 0 Å². The molecule has 0 aliphatic heterocycles. The molecule has 0 heterocycles. The second-order valence-electron chi connectivity index (χ2n) is 6.93. The maximum Gasteiger partial charge on any atom is 0.328 e. The van der Waals surface area contributed by atoms with Crippen LogP contribution in [0.3, 0.4) is 0 Å². The number of hydrogen-bond acceptors (Lipinski definition) is 5. The van der Waals surface area contributed by atoms with Crippen LogP contribution in [-0.2, 0) is 30.3 Å². The third kappa shape index (κ3) is 7.38. The molecule has 0 bridgehead atoms. The molecule has 154 valence electrons. The third-order valence-corrected chi connectivity index (χ3v) is 4.15. The van der Waals surface area contributed by atoms with Gasteiger partial charge in [0.2, 0.25) is 17.7 Å². The van der Waals surface area contributed by atoms with E-state index in [0.717, 1.165) is 5.56 Å². The van der Waals surface area contributed by atoms with Gasteiger partial charge in [-0.15, -0.1) is 0 Å². The molecule has 1 rings (SSSR count). The summed E-state index contributed by atoms with van der Waals surface area (Å²) in [6, 6.07) is 6.63. The van der Waals surface area contributed by atoms with Crippen LogP contribution in [0.5, 0.6) is 0 Å². The first-order valence-corrected chi connectivity index (χ1v) is 9.15. The van der Waals surface area contributed by atoms with E-state index >= 15 is 0 Å². The van der Waals surface area contributed by atoms with Gasteiger partial charge in [-0.05, 0) is 18.4 Å². The summed E-state index contributed by atoms with van der Waals surface area (Å²) in [5, 5.41) is 7.79. The standard InChI is InChI=1S/C20H29N3O5/c1-12(2)17(20(27)28-5)23-19(26)16(11-15-9-7-6-8-10-15)22-18(25)13(3)21-14(4)24/h6-10,12-13,16-17H,11H2,1-5H3,(H,21,24)(H,22,25)(H,23,26)/t13-,16-,17-/m0/s1. The van der Waals surface area contributed by atoms with Gasteiger partial charge in [0.15, 0.2) is 0 Å². The summed E-state index contributed by atoms with van der Waals surface area (Å²) in [6.07, 6.45) is 0.233. The molecule has 3 amide bonds. The maximum atomic E-state index is 12.8. The second kappa shape index (κ2) is 11.1. The van der Waals surface area contributed by atoms with Gasteiger partial charge in [0, 0.05) is 13.3 Å². The van der Waals surface area contributed by atoms with Crippen LogP contribution in [0.25, 0.3) is 0 Å². The third-order valence-electron chi connectivity index (χ3n) is 4.15. The first-order valence-electron chi connectivity index (χ1n) is 9.15. The van der Waals surface area contributed by atoms with Gasteiger partial charge >= 0.3 is 5.97 Å². The van der Waals surface area contributed by atoms with Crippen molar-refractivity contribution in [2.75, 3.05) is 7.11 Å². The van der Waals surface area contributed by atoms with Gasteiger partial charge in [-0.2, -0.15) is 0 Å². The minimum absolute atomic E-state index is 0.192. The van der Waals surface area contributed by atoms with Gasteiger partial charge < -0.3 is 20.7 Å². The first kappa shape index (κ1) is 23.1. The van der Waals surface area contributed by atoms with Crippen molar-refractivity contribution in [1.82, 2.24) is 16.0 Å².